The summed E-state index contributed by atoms with van der Waals surface area (Å²) >= 11 is 0. The lowest BCUT2D eigenvalue weighted by Crippen LogP contribution is -2.36. The third kappa shape index (κ3) is 2.07. The monoisotopic (exact) mass is 256 g/mol. The molecule has 3 heteroatoms. The van der Waals surface area contributed by atoms with Gasteiger partial charge in [0.2, 0.25) is 0 Å². The maximum atomic E-state index is 12.6. The van der Waals surface area contributed by atoms with Crippen molar-refractivity contribution in [3.63, 3.8) is 0 Å². The quantitative estimate of drug-likeness (QED) is 0.786. The van der Waals surface area contributed by atoms with Crippen LogP contribution in [0.2, 0.25) is 0 Å². The molecule has 0 bridgehead atoms. The van der Waals surface area contributed by atoms with Crippen LogP contribution in [0.4, 0.5) is 0 Å². The Balaban J connectivity index is 2.25. The maximum Gasteiger partial charge on any atom is 0.261 e. The summed E-state index contributed by atoms with van der Waals surface area (Å²) in [5.74, 6) is 0.949. The molecule has 1 aromatic carbocycles. The van der Waals surface area contributed by atoms with E-state index in [0.717, 1.165) is 42.5 Å². The normalized spacial score (nSPS) is 17.4. The fourth-order valence-corrected chi connectivity index (χ4v) is 2.84. The number of hydrogen-bond donors (Lipinski definition) is 0. The van der Waals surface area contributed by atoms with Crippen molar-refractivity contribution in [2.45, 2.75) is 46.6 Å². The van der Waals surface area contributed by atoms with Crippen LogP contribution in [0.25, 0.3) is 10.9 Å². The minimum absolute atomic E-state index is 0.121. The molecule has 0 N–H and O–H groups in total. The van der Waals surface area contributed by atoms with Crippen molar-refractivity contribution in [2.75, 3.05) is 0 Å². The van der Waals surface area contributed by atoms with E-state index in [4.69, 9.17) is 4.98 Å². The average Bonchev–Trinajstić information content (AvgIpc) is 2.39. The van der Waals surface area contributed by atoms with Gasteiger partial charge < -0.3 is 0 Å². The van der Waals surface area contributed by atoms with E-state index in [1.807, 2.05) is 16.7 Å². The van der Waals surface area contributed by atoms with E-state index in [-0.39, 0.29) is 11.0 Å². The average molecular weight is 256 g/mol. The van der Waals surface area contributed by atoms with Gasteiger partial charge >= 0.3 is 0 Å². The van der Waals surface area contributed by atoms with E-state index in [1.165, 1.54) is 5.56 Å². The lowest BCUT2D eigenvalue weighted by Gasteiger charge is -2.31. The minimum atomic E-state index is 0.121. The van der Waals surface area contributed by atoms with E-state index in [1.54, 1.807) is 0 Å². The van der Waals surface area contributed by atoms with Gasteiger partial charge in [0, 0.05) is 13.0 Å². The lowest BCUT2D eigenvalue weighted by molar-refractivity contribution is 0.240. The molecule has 100 valence electrons. The highest BCUT2D eigenvalue weighted by Crippen LogP contribution is 2.29. The van der Waals surface area contributed by atoms with E-state index < -0.39 is 0 Å². The summed E-state index contributed by atoms with van der Waals surface area (Å²) in [7, 11) is 0. The number of rotatable bonds is 1. The summed E-state index contributed by atoms with van der Waals surface area (Å²) < 4.78 is 1.87. The SMILES string of the molecule is CCc1ccc2c(=O)n3c(nc2c1)CCC(C)(C)C3. The first kappa shape index (κ1) is 12.4. The molecule has 0 unspecified atom stereocenters. The molecule has 0 amide bonds. The molecular formula is C16H20N2O. The largest absolute Gasteiger partial charge is 0.296 e. The molecule has 0 aliphatic carbocycles. The van der Waals surface area contributed by atoms with Gasteiger partial charge in [-0.15, -0.1) is 0 Å². The standard InChI is InChI=1S/C16H20N2O/c1-4-11-5-6-12-13(9-11)17-14-7-8-16(2,3)10-18(14)15(12)19/h5-6,9H,4,7-8,10H2,1-3H3. The molecule has 0 spiro atoms. The zero-order chi connectivity index (χ0) is 13.6. The number of benzene rings is 1. The number of fused-ring (bicyclic) bond motifs is 2. The zero-order valence-electron chi connectivity index (χ0n) is 11.9. The fourth-order valence-electron chi connectivity index (χ4n) is 2.84. The molecular weight excluding hydrogens is 236 g/mol. The highest BCUT2D eigenvalue weighted by molar-refractivity contribution is 5.78. The van der Waals surface area contributed by atoms with Crippen molar-refractivity contribution in [1.82, 2.24) is 9.55 Å². The van der Waals surface area contributed by atoms with Crippen LogP contribution in [0.15, 0.2) is 23.0 Å². The van der Waals surface area contributed by atoms with E-state index in [9.17, 15) is 4.79 Å². The summed E-state index contributed by atoms with van der Waals surface area (Å²) in [4.78, 5) is 17.3. The summed E-state index contributed by atoms with van der Waals surface area (Å²) in [5.41, 5.74) is 2.40. The summed E-state index contributed by atoms with van der Waals surface area (Å²) in [5, 5.41) is 0.749. The first-order valence-electron chi connectivity index (χ1n) is 7.02. The Bertz CT molecular complexity index is 698. The van der Waals surface area contributed by atoms with Crippen molar-refractivity contribution in [1.29, 1.82) is 0 Å². The molecule has 19 heavy (non-hydrogen) atoms. The van der Waals surface area contributed by atoms with E-state index >= 15 is 0 Å². The molecule has 1 aromatic heterocycles. The molecule has 3 nitrogen and oxygen atoms in total. The molecule has 1 aliphatic heterocycles. The van der Waals surface area contributed by atoms with Gasteiger partial charge in [-0.1, -0.05) is 26.8 Å². The maximum absolute atomic E-state index is 12.6. The van der Waals surface area contributed by atoms with Crippen LogP contribution in [0.3, 0.4) is 0 Å². The van der Waals surface area contributed by atoms with Gasteiger partial charge in [0.05, 0.1) is 10.9 Å². The second-order valence-electron chi connectivity index (χ2n) is 6.29. The van der Waals surface area contributed by atoms with Crippen LogP contribution in [0.1, 0.15) is 38.6 Å². The predicted octanol–water partition coefficient (Wildman–Crippen LogP) is 2.93. The van der Waals surface area contributed by atoms with Crippen LogP contribution < -0.4 is 5.56 Å². The molecule has 0 saturated heterocycles. The molecule has 0 atom stereocenters. The van der Waals surface area contributed by atoms with Gasteiger partial charge in [0.1, 0.15) is 5.82 Å². The molecule has 3 rings (SSSR count). The van der Waals surface area contributed by atoms with Gasteiger partial charge in [-0.25, -0.2) is 4.98 Å². The predicted molar refractivity (Wildman–Crippen MR) is 77.5 cm³/mol. The third-order valence-electron chi connectivity index (χ3n) is 4.12. The second-order valence-corrected chi connectivity index (χ2v) is 6.29. The molecule has 0 saturated carbocycles. The Kier molecular flexibility index (Phi) is 2.73. The van der Waals surface area contributed by atoms with Crippen LogP contribution in [0, 0.1) is 5.41 Å². The molecule has 0 fully saturated rings. The van der Waals surface area contributed by atoms with Crippen LogP contribution in [-0.2, 0) is 19.4 Å². The van der Waals surface area contributed by atoms with Gasteiger partial charge in [0.25, 0.3) is 5.56 Å². The Morgan fingerprint density at radius 1 is 1.37 bits per heavy atom. The number of nitrogens with zero attached hydrogens (tertiary/aromatic N) is 2. The van der Waals surface area contributed by atoms with Crippen molar-refractivity contribution >= 4 is 10.9 Å². The highest BCUT2D eigenvalue weighted by Gasteiger charge is 2.27. The topological polar surface area (TPSA) is 34.9 Å². The number of hydrogen-bond acceptors (Lipinski definition) is 2. The molecule has 0 radical (unpaired) electrons. The summed E-state index contributed by atoms with van der Waals surface area (Å²) in [6.07, 6.45) is 2.97. The van der Waals surface area contributed by atoms with Crippen LogP contribution in [-0.4, -0.2) is 9.55 Å². The van der Waals surface area contributed by atoms with Crippen molar-refractivity contribution < 1.29 is 0 Å². The first-order chi connectivity index (χ1) is 9.00. The zero-order valence-corrected chi connectivity index (χ0v) is 11.9. The summed E-state index contributed by atoms with van der Waals surface area (Å²) in [6, 6.07) is 6.02. The van der Waals surface area contributed by atoms with E-state index in [0.29, 0.717) is 0 Å². The van der Waals surface area contributed by atoms with Crippen molar-refractivity contribution in [3.8, 4) is 0 Å². The van der Waals surface area contributed by atoms with Crippen molar-refractivity contribution in [2.24, 2.45) is 5.41 Å². The fraction of sp³-hybridized carbons (Fsp3) is 0.500. The third-order valence-corrected chi connectivity index (χ3v) is 4.12. The Morgan fingerprint density at radius 2 is 2.16 bits per heavy atom. The second kappa shape index (κ2) is 4.19. The molecule has 1 aliphatic rings. The highest BCUT2D eigenvalue weighted by atomic mass is 16.1. The summed E-state index contributed by atoms with van der Waals surface area (Å²) in [6.45, 7) is 7.33. The van der Waals surface area contributed by atoms with Gasteiger partial charge in [-0.05, 0) is 36.0 Å². The van der Waals surface area contributed by atoms with Gasteiger partial charge in [0.15, 0.2) is 0 Å². The van der Waals surface area contributed by atoms with Gasteiger partial charge in [-0.2, -0.15) is 0 Å². The van der Waals surface area contributed by atoms with Gasteiger partial charge in [-0.3, -0.25) is 9.36 Å². The molecule has 2 aromatic rings. The molecule has 2 heterocycles. The number of aromatic nitrogens is 2. The lowest BCUT2D eigenvalue weighted by atomic mass is 9.85. The van der Waals surface area contributed by atoms with Crippen LogP contribution >= 0.6 is 0 Å². The Labute approximate surface area is 113 Å². The van der Waals surface area contributed by atoms with Crippen LogP contribution in [0.5, 0.6) is 0 Å². The Morgan fingerprint density at radius 3 is 2.89 bits per heavy atom. The number of aryl methyl sites for hydroxylation is 2. The Hall–Kier alpha value is -1.64. The minimum Gasteiger partial charge on any atom is -0.296 e. The van der Waals surface area contributed by atoms with Crippen molar-refractivity contribution in [3.05, 3.63) is 39.9 Å². The smallest absolute Gasteiger partial charge is 0.261 e. The van der Waals surface area contributed by atoms with E-state index in [2.05, 4.69) is 26.8 Å². The first-order valence-corrected chi connectivity index (χ1v) is 7.02.